The Bertz CT molecular complexity index is 1120. The summed E-state index contributed by atoms with van der Waals surface area (Å²) >= 11 is 0. The van der Waals surface area contributed by atoms with Crippen molar-refractivity contribution in [3.8, 4) is 6.07 Å². The summed E-state index contributed by atoms with van der Waals surface area (Å²) in [6.45, 7) is 10.2. The fraction of sp³-hybridized carbons (Fsp3) is 0.458. The first-order chi connectivity index (χ1) is 15.4. The number of rotatable bonds is 8. The summed E-state index contributed by atoms with van der Waals surface area (Å²) in [5.74, 6) is 0.984. The van der Waals surface area contributed by atoms with Gasteiger partial charge in [-0.2, -0.15) is 5.26 Å². The Morgan fingerprint density at radius 2 is 2.09 bits per heavy atom. The van der Waals surface area contributed by atoms with Crippen LogP contribution in [0.25, 0.3) is 11.0 Å². The molecule has 0 spiro atoms. The zero-order valence-corrected chi connectivity index (χ0v) is 20.5. The van der Waals surface area contributed by atoms with Gasteiger partial charge in [-0.15, -0.1) is 0 Å². The van der Waals surface area contributed by atoms with Crippen molar-refractivity contribution in [3.63, 3.8) is 0 Å². The molecule has 4 rings (SSSR count). The van der Waals surface area contributed by atoms with Crippen molar-refractivity contribution in [2.24, 2.45) is 0 Å². The highest BCUT2D eigenvalue weighted by Gasteiger charge is 2.28. The van der Waals surface area contributed by atoms with Crippen LogP contribution < -0.4 is 9.80 Å². The van der Waals surface area contributed by atoms with Crippen LogP contribution in [-0.2, 0) is 11.5 Å². The van der Waals surface area contributed by atoms with E-state index in [0.29, 0.717) is 18.3 Å². The zero-order valence-electron chi connectivity index (χ0n) is 19.5. The summed E-state index contributed by atoms with van der Waals surface area (Å²) in [6.07, 6.45) is 4.74. The second-order valence-electron chi connectivity index (χ2n) is 9.73. The van der Waals surface area contributed by atoms with E-state index in [1.54, 1.807) is 6.33 Å². The average molecular weight is 449 g/mol. The van der Waals surface area contributed by atoms with Crippen molar-refractivity contribution in [2.45, 2.75) is 44.9 Å². The molecule has 0 saturated carbocycles. The number of likely N-dealkylation sites (N-methyl/N-ethyl adjacent to an activating group) is 1. The van der Waals surface area contributed by atoms with Crippen molar-refractivity contribution in [1.29, 1.82) is 5.26 Å². The maximum absolute atomic E-state index is 9.21. The summed E-state index contributed by atoms with van der Waals surface area (Å²) in [7, 11) is 1.01. The SMILES string of the molecule is CN(c1cccc(C#N)c1)C1CCN(c2ncnc3c2ccn3COCC[Si](C)(C)C)C1. The predicted molar refractivity (Wildman–Crippen MR) is 132 cm³/mol. The summed E-state index contributed by atoms with van der Waals surface area (Å²) in [6, 6.07) is 13.7. The van der Waals surface area contributed by atoms with E-state index in [1.165, 1.54) is 0 Å². The first-order valence-electron chi connectivity index (χ1n) is 11.2. The minimum Gasteiger partial charge on any atom is -0.370 e. The van der Waals surface area contributed by atoms with Crippen LogP contribution in [0.3, 0.4) is 0 Å². The fourth-order valence-corrected chi connectivity index (χ4v) is 4.90. The normalized spacial score (nSPS) is 16.5. The maximum Gasteiger partial charge on any atom is 0.147 e. The van der Waals surface area contributed by atoms with Crippen LogP contribution in [0.1, 0.15) is 12.0 Å². The average Bonchev–Trinajstić information content (AvgIpc) is 3.43. The number of hydrogen-bond acceptors (Lipinski definition) is 6. The van der Waals surface area contributed by atoms with Crippen molar-refractivity contribution >= 4 is 30.6 Å². The van der Waals surface area contributed by atoms with Gasteiger partial charge in [0, 0.05) is 52.7 Å². The molecule has 1 saturated heterocycles. The number of nitriles is 1. The first kappa shape index (κ1) is 22.3. The standard InChI is InChI=1S/C24H32N6OSi/c1-28(20-7-5-6-19(14-20)15-25)21-8-10-29(16-21)23-22-9-11-30(24(22)27-17-26-23)18-31-12-13-32(2,3)4/h5-7,9,11,14,17,21H,8,10,12-13,16,18H2,1-4H3. The Hall–Kier alpha value is -2.89. The van der Waals surface area contributed by atoms with E-state index in [2.05, 4.69) is 69.2 Å². The third-order valence-corrected chi connectivity index (χ3v) is 7.86. The van der Waals surface area contributed by atoms with Crippen molar-refractivity contribution in [2.75, 3.05) is 36.5 Å². The molecule has 0 bridgehead atoms. The molecular weight excluding hydrogens is 416 g/mol. The molecule has 0 aliphatic carbocycles. The minimum absolute atomic E-state index is 0.362. The van der Waals surface area contributed by atoms with Gasteiger partial charge in [0.05, 0.1) is 17.0 Å². The number of hydrogen-bond donors (Lipinski definition) is 0. The van der Waals surface area contributed by atoms with Crippen LogP contribution in [0.4, 0.5) is 11.5 Å². The van der Waals surface area contributed by atoms with Gasteiger partial charge in [-0.05, 0) is 36.7 Å². The van der Waals surface area contributed by atoms with Crippen molar-refractivity contribution < 1.29 is 4.74 Å². The van der Waals surface area contributed by atoms with E-state index in [0.717, 1.165) is 54.7 Å². The van der Waals surface area contributed by atoms with E-state index < -0.39 is 8.07 Å². The molecule has 0 N–H and O–H groups in total. The van der Waals surface area contributed by atoms with Crippen molar-refractivity contribution in [3.05, 3.63) is 48.4 Å². The molecule has 1 aliphatic rings. The Morgan fingerprint density at radius 1 is 1.25 bits per heavy atom. The summed E-state index contributed by atoms with van der Waals surface area (Å²) in [5.41, 5.74) is 2.68. The highest BCUT2D eigenvalue weighted by atomic mass is 28.3. The van der Waals surface area contributed by atoms with Gasteiger partial charge in [-0.25, -0.2) is 9.97 Å². The first-order valence-corrected chi connectivity index (χ1v) is 14.9. The Morgan fingerprint density at radius 3 is 2.88 bits per heavy atom. The van der Waals surface area contributed by atoms with Gasteiger partial charge in [0.25, 0.3) is 0 Å². The van der Waals surface area contributed by atoms with Crippen LogP contribution in [0, 0.1) is 11.3 Å². The number of nitrogens with zero attached hydrogens (tertiary/aromatic N) is 6. The summed E-state index contributed by atoms with van der Waals surface area (Å²) < 4.78 is 8.01. The molecule has 0 amide bonds. The lowest BCUT2D eigenvalue weighted by molar-refractivity contribution is 0.0899. The molecule has 168 valence electrons. The molecule has 0 radical (unpaired) electrons. The van der Waals surface area contributed by atoms with E-state index in [4.69, 9.17) is 4.74 Å². The lowest BCUT2D eigenvalue weighted by atomic mass is 10.1. The molecule has 1 fully saturated rings. The number of aromatic nitrogens is 3. The Kier molecular flexibility index (Phi) is 6.49. The maximum atomic E-state index is 9.21. The molecule has 1 aliphatic heterocycles. The van der Waals surface area contributed by atoms with E-state index >= 15 is 0 Å². The predicted octanol–water partition coefficient (Wildman–Crippen LogP) is 4.33. The Labute approximate surface area is 191 Å². The third-order valence-electron chi connectivity index (χ3n) is 6.15. The largest absolute Gasteiger partial charge is 0.370 e. The number of anilines is 2. The monoisotopic (exact) mass is 448 g/mol. The van der Waals surface area contributed by atoms with Crippen LogP contribution in [0.2, 0.25) is 25.7 Å². The van der Waals surface area contributed by atoms with Crippen molar-refractivity contribution in [1.82, 2.24) is 14.5 Å². The second-order valence-corrected chi connectivity index (χ2v) is 15.4. The van der Waals surface area contributed by atoms with E-state index in [9.17, 15) is 5.26 Å². The third kappa shape index (κ3) is 4.95. The smallest absolute Gasteiger partial charge is 0.147 e. The lowest BCUT2D eigenvalue weighted by Gasteiger charge is -2.27. The molecule has 32 heavy (non-hydrogen) atoms. The number of ether oxygens (including phenoxy) is 1. The highest BCUT2D eigenvalue weighted by molar-refractivity contribution is 6.76. The molecule has 1 atom stereocenters. The van der Waals surface area contributed by atoms with E-state index in [-0.39, 0.29) is 0 Å². The number of fused-ring (bicyclic) bond motifs is 1. The highest BCUT2D eigenvalue weighted by Crippen LogP contribution is 2.29. The molecular formula is C24H32N6OSi. The molecule has 1 unspecified atom stereocenters. The zero-order chi connectivity index (χ0) is 22.7. The minimum atomic E-state index is -1.09. The van der Waals surface area contributed by atoms with Gasteiger partial charge in [0.2, 0.25) is 0 Å². The fourth-order valence-electron chi connectivity index (χ4n) is 4.14. The van der Waals surface area contributed by atoms with Gasteiger partial charge in [-0.1, -0.05) is 25.7 Å². The van der Waals surface area contributed by atoms with Crippen LogP contribution in [0.15, 0.2) is 42.9 Å². The molecule has 3 aromatic rings. The van der Waals surface area contributed by atoms with Gasteiger partial charge in [0.15, 0.2) is 0 Å². The molecule has 3 heterocycles. The quantitative estimate of drug-likeness (QED) is 0.377. The lowest BCUT2D eigenvalue weighted by Crippen LogP contribution is -2.34. The number of benzene rings is 1. The molecule has 7 nitrogen and oxygen atoms in total. The molecule has 8 heteroatoms. The van der Waals surface area contributed by atoms with Gasteiger partial charge in [-0.3, -0.25) is 0 Å². The molecule has 2 aromatic heterocycles. The van der Waals surface area contributed by atoms with Crippen LogP contribution >= 0.6 is 0 Å². The van der Waals surface area contributed by atoms with Gasteiger partial charge < -0.3 is 19.1 Å². The summed E-state index contributed by atoms with van der Waals surface area (Å²) in [4.78, 5) is 13.8. The summed E-state index contributed by atoms with van der Waals surface area (Å²) in [5, 5.41) is 10.3. The van der Waals surface area contributed by atoms with E-state index in [1.807, 2.05) is 24.4 Å². The Balaban J connectivity index is 1.45. The second kappa shape index (κ2) is 9.31. The topological polar surface area (TPSA) is 70.2 Å². The van der Waals surface area contributed by atoms with Gasteiger partial charge >= 0.3 is 0 Å². The van der Waals surface area contributed by atoms with Crippen LogP contribution in [0.5, 0.6) is 0 Å². The molecule has 1 aromatic carbocycles. The van der Waals surface area contributed by atoms with Crippen LogP contribution in [-0.4, -0.2) is 55.4 Å². The van der Waals surface area contributed by atoms with Gasteiger partial charge in [0.1, 0.15) is 24.5 Å².